The van der Waals surface area contributed by atoms with Crippen LogP contribution in [0, 0.1) is 0 Å². The molecule has 0 saturated heterocycles. The first-order valence-electron chi connectivity index (χ1n) is 5.12. The van der Waals surface area contributed by atoms with Gasteiger partial charge in [-0.3, -0.25) is 4.79 Å². The Labute approximate surface area is 117 Å². The van der Waals surface area contributed by atoms with Crippen molar-refractivity contribution in [1.29, 1.82) is 0 Å². The number of hydrogen-bond acceptors (Lipinski definition) is 3. The molecule has 0 aromatic heterocycles. The maximum absolute atomic E-state index is 11.6. The van der Waals surface area contributed by atoms with Crippen LogP contribution < -0.4 is 0 Å². The molecule has 1 rings (SSSR count). The molecule has 0 aliphatic heterocycles. The molecule has 0 atom stereocenters. The number of carbonyl (C=O) groups excluding carboxylic acids is 2. The number of benzene rings is 1. The molecule has 0 fully saturated rings. The highest BCUT2D eigenvalue weighted by Crippen LogP contribution is 2.23. The molecule has 0 heterocycles. The van der Waals surface area contributed by atoms with Crippen LogP contribution >= 0.6 is 31.9 Å². The molecular formula is C12H12Br2O3. The summed E-state index contributed by atoms with van der Waals surface area (Å²) in [5.74, 6) is -0.320. The largest absolute Gasteiger partial charge is 0.462 e. The van der Waals surface area contributed by atoms with Crippen molar-refractivity contribution in [3.05, 3.63) is 33.8 Å². The minimum absolute atomic E-state index is 0.0618. The first-order chi connectivity index (χ1) is 8.10. The molecule has 0 aliphatic carbocycles. The number of esters is 1. The number of carbonyl (C=O) groups is 2. The molecule has 0 amide bonds. The van der Waals surface area contributed by atoms with Gasteiger partial charge in [-0.05, 0) is 34.5 Å². The Kier molecular flexibility index (Phi) is 5.85. The summed E-state index contributed by atoms with van der Waals surface area (Å²) in [4.78, 5) is 23.0. The number of hydrogen-bond donors (Lipinski definition) is 0. The smallest absolute Gasteiger partial charge is 0.339 e. The summed E-state index contributed by atoms with van der Waals surface area (Å²) in [5, 5.41) is 0.309. The summed E-state index contributed by atoms with van der Waals surface area (Å²) in [6.45, 7) is 2.08. The van der Waals surface area contributed by atoms with Gasteiger partial charge in [0.25, 0.3) is 0 Å². The van der Waals surface area contributed by atoms with E-state index in [2.05, 4.69) is 31.9 Å². The number of alkyl halides is 1. The van der Waals surface area contributed by atoms with Gasteiger partial charge in [-0.15, -0.1) is 0 Å². The predicted molar refractivity (Wildman–Crippen MR) is 72.6 cm³/mol. The SMILES string of the molecule is CCOC(=O)c1cccc(CC(=O)CBr)c1Br. The molecule has 5 heteroatoms. The summed E-state index contributed by atoms with van der Waals surface area (Å²) in [7, 11) is 0. The zero-order chi connectivity index (χ0) is 12.8. The quantitative estimate of drug-likeness (QED) is 0.596. The Morgan fingerprint density at radius 2 is 2.06 bits per heavy atom. The highest BCUT2D eigenvalue weighted by molar-refractivity contribution is 9.10. The van der Waals surface area contributed by atoms with Gasteiger partial charge in [-0.25, -0.2) is 4.79 Å². The lowest BCUT2D eigenvalue weighted by Crippen LogP contribution is -2.09. The first kappa shape index (κ1) is 14.4. The number of ketones is 1. The number of Topliss-reactive ketones (excluding diaryl/α,β-unsaturated/α-hetero) is 1. The van der Waals surface area contributed by atoms with Gasteiger partial charge < -0.3 is 4.74 Å². The van der Waals surface area contributed by atoms with Gasteiger partial charge in [0.1, 0.15) is 5.78 Å². The Hall–Kier alpha value is -0.680. The monoisotopic (exact) mass is 362 g/mol. The van der Waals surface area contributed by atoms with E-state index in [1.54, 1.807) is 19.1 Å². The fourth-order valence-corrected chi connectivity index (χ4v) is 2.11. The second-order valence-electron chi connectivity index (χ2n) is 3.35. The Morgan fingerprint density at radius 3 is 2.65 bits per heavy atom. The summed E-state index contributed by atoms with van der Waals surface area (Å²) in [5.41, 5.74) is 1.24. The topological polar surface area (TPSA) is 43.4 Å². The Morgan fingerprint density at radius 1 is 1.35 bits per heavy atom. The molecule has 0 radical (unpaired) electrons. The minimum atomic E-state index is -0.382. The third-order valence-electron chi connectivity index (χ3n) is 2.11. The van der Waals surface area contributed by atoms with Gasteiger partial charge >= 0.3 is 5.97 Å². The molecule has 0 spiro atoms. The molecule has 0 aliphatic rings. The van der Waals surface area contributed by atoms with Gasteiger partial charge in [0.05, 0.1) is 17.5 Å². The lowest BCUT2D eigenvalue weighted by Gasteiger charge is -2.08. The van der Waals surface area contributed by atoms with Crippen molar-refractivity contribution < 1.29 is 14.3 Å². The summed E-state index contributed by atoms with van der Waals surface area (Å²) in [6.07, 6.45) is 0.291. The van der Waals surface area contributed by atoms with Gasteiger partial charge in [-0.1, -0.05) is 28.1 Å². The van der Waals surface area contributed by atoms with Crippen molar-refractivity contribution in [1.82, 2.24) is 0 Å². The minimum Gasteiger partial charge on any atom is -0.462 e. The maximum atomic E-state index is 11.6. The van der Waals surface area contributed by atoms with Crippen LogP contribution in [-0.4, -0.2) is 23.7 Å². The lowest BCUT2D eigenvalue weighted by molar-refractivity contribution is -0.115. The summed E-state index contributed by atoms with van der Waals surface area (Å²) >= 11 is 6.45. The third kappa shape index (κ3) is 3.92. The van der Waals surface area contributed by atoms with E-state index in [9.17, 15) is 9.59 Å². The third-order valence-corrected chi connectivity index (χ3v) is 3.67. The van der Waals surface area contributed by atoms with E-state index < -0.39 is 0 Å². The molecule has 1 aromatic carbocycles. The first-order valence-corrected chi connectivity index (χ1v) is 7.03. The van der Waals surface area contributed by atoms with E-state index in [-0.39, 0.29) is 11.8 Å². The average molecular weight is 364 g/mol. The zero-order valence-electron chi connectivity index (χ0n) is 9.33. The van der Waals surface area contributed by atoms with Crippen LogP contribution in [0.5, 0.6) is 0 Å². The molecule has 0 unspecified atom stereocenters. The van der Waals surface area contributed by atoms with Gasteiger partial charge in [0.2, 0.25) is 0 Å². The second kappa shape index (κ2) is 6.91. The van der Waals surface area contributed by atoms with E-state index in [1.165, 1.54) is 0 Å². The number of rotatable bonds is 5. The number of ether oxygens (including phenoxy) is 1. The summed E-state index contributed by atoms with van der Waals surface area (Å²) in [6, 6.07) is 5.23. The standard InChI is InChI=1S/C12H12Br2O3/c1-2-17-12(16)10-5-3-4-8(11(10)14)6-9(15)7-13/h3-5H,2,6-7H2,1H3. The van der Waals surface area contributed by atoms with Crippen LogP contribution in [0.25, 0.3) is 0 Å². The van der Waals surface area contributed by atoms with E-state index in [4.69, 9.17) is 4.74 Å². The van der Waals surface area contributed by atoms with E-state index in [0.717, 1.165) is 5.56 Å². The average Bonchev–Trinajstić information content (AvgIpc) is 2.32. The van der Waals surface area contributed by atoms with Crippen LogP contribution in [0.4, 0.5) is 0 Å². The van der Waals surface area contributed by atoms with Crippen molar-refractivity contribution in [2.45, 2.75) is 13.3 Å². The van der Waals surface area contributed by atoms with E-state index >= 15 is 0 Å². The van der Waals surface area contributed by atoms with Crippen LogP contribution in [0.1, 0.15) is 22.8 Å². The van der Waals surface area contributed by atoms with Crippen LogP contribution in [0.3, 0.4) is 0 Å². The second-order valence-corrected chi connectivity index (χ2v) is 4.70. The fraction of sp³-hybridized carbons (Fsp3) is 0.333. The highest BCUT2D eigenvalue weighted by Gasteiger charge is 2.15. The Bertz CT molecular complexity index is 430. The maximum Gasteiger partial charge on any atom is 0.339 e. The van der Waals surface area contributed by atoms with E-state index in [0.29, 0.717) is 28.4 Å². The molecule has 0 bridgehead atoms. The van der Waals surface area contributed by atoms with Crippen LogP contribution in [0.15, 0.2) is 22.7 Å². The van der Waals surface area contributed by atoms with E-state index in [1.807, 2.05) is 6.07 Å². The van der Waals surface area contributed by atoms with Crippen LogP contribution in [-0.2, 0) is 16.0 Å². The van der Waals surface area contributed by atoms with Crippen molar-refractivity contribution >= 4 is 43.6 Å². The molecular weight excluding hydrogens is 352 g/mol. The fourth-order valence-electron chi connectivity index (χ4n) is 1.34. The van der Waals surface area contributed by atoms with Crippen molar-refractivity contribution in [3.63, 3.8) is 0 Å². The van der Waals surface area contributed by atoms with Gasteiger partial charge in [0.15, 0.2) is 0 Å². The molecule has 17 heavy (non-hydrogen) atoms. The summed E-state index contributed by atoms with van der Waals surface area (Å²) < 4.78 is 5.56. The highest BCUT2D eigenvalue weighted by atomic mass is 79.9. The predicted octanol–water partition coefficient (Wildman–Crippen LogP) is 3.13. The Balaban J connectivity index is 2.98. The molecule has 92 valence electrons. The molecule has 0 saturated carbocycles. The number of halogens is 2. The molecule has 0 N–H and O–H groups in total. The normalized spacial score (nSPS) is 10.1. The molecule has 3 nitrogen and oxygen atoms in total. The lowest BCUT2D eigenvalue weighted by atomic mass is 10.1. The van der Waals surface area contributed by atoms with Crippen molar-refractivity contribution in [2.75, 3.05) is 11.9 Å². The molecule has 1 aromatic rings. The van der Waals surface area contributed by atoms with Crippen molar-refractivity contribution in [3.8, 4) is 0 Å². The van der Waals surface area contributed by atoms with Gasteiger partial charge in [-0.2, -0.15) is 0 Å². The van der Waals surface area contributed by atoms with Gasteiger partial charge in [0, 0.05) is 10.9 Å². The van der Waals surface area contributed by atoms with Crippen molar-refractivity contribution in [2.24, 2.45) is 0 Å². The van der Waals surface area contributed by atoms with Crippen LogP contribution in [0.2, 0.25) is 0 Å². The zero-order valence-corrected chi connectivity index (χ0v) is 12.5.